The number of alkyl halides is 3. The second kappa shape index (κ2) is 7.78. The number of halogens is 3. The lowest BCUT2D eigenvalue weighted by molar-refractivity contribution is -0.175. The van der Waals surface area contributed by atoms with E-state index in [9.17, 15) is 18.0 Å². The third-order valence-electron chi connectivity index (χ3n) is 3.97. The predicted molar refractivity (Wildman–Crippen MR) is 89.8 cm³/mol. The van der Waals surface area contributed by atoms with Crippen LogP contribution in [0.5, 0.6) is 5.75 Å². The van der Waals surface area contributed by atoms with E-state index in [1.807, 2.05) is 36.4 Å². The second-order valence-electron chi connectivity index (χ2n) is 6.00. The average molecular weight is 365 g/mol. The number of benzene rings is 2. The van der Waals surface area contributed by atoms with Gasteiger partial charge in [0, 0.05) is 13.0 Å². The Morgan fingerprint density at radius 2 is 1.85 bits per heavy atom. The number of hydrogen-bond donors (Lipinski definition) is 1. The van der Waals surface area contributed by atoms with Gasteiger partial charge in [0.1, 0.15) is 19.0 Å². The molecule has 0 aromatic heterocycles. The van der Waals surface area contributed by atoms with Crippen LogP contribution in [0.3, 0.4) is 0 Å². The Morgan fingerprint density at radius 1 is 1.12 bits per heavy atom. The fraction of sp³-hybridized carbons (Fsp3) is 0.316. The Hall–Kier alpha value is -2.54. The molecule has 0 bridgehead atoms. The molecule has 1 N–H and O–H groups in total. The van der Waals surface area contributed by atoms with E-state index in [2.05, 4.69) is 16.1 Å². The Labute approximate surface area is 148 Å². The first-order chi connectivity index (χ1) is 12.4. The maximum absolute atomic E-state index is 11.9. The van der Waals surface area contributed by atoms with Crippen LogP contribution in [0.25, 0.3) is 11.1 Å². The molecule has 0 radical (unpaired) electrons. The Balaban J connectivity index is 1.51. The van der Waals surface area contributed by atoms with Crippen molar-refractivity contribution in [2.75, 3.05) is 19.8 Å². The summed E-state index contributed by atoms with van der Waals surface area (Å²) in [6.07, 6.45) is -3.52. The molecule has 7 heteroatoms. The lowest BCUT2D eigenvalue weighted by atomic mass is 10.0. The number of ether oxygens (including phenoxy) is 2. The molecule has 138 valence electrons. The van der Waals surface area contributed by atoms with Crippen LogP contribution in [-0.2, 0) is 22.5 Å². The molecular formula is C19H18F3NO3. The number of hydrogen-bond acceptors (Lipinski definition) is 3. The molecule has 0 saturated heterocycles. The molecule has 4 nitrogen and oxygen atoms in total. The van der Waals surface area contributed by atoms with Crippen molar-refractivity contribution in [3.8, 4) is 16.9 Å². The second-order valence-corrected chi connectivity index (χ2v) is 6.00. The highest BCUT2D eigenvalue weighted by Crippen LogP contribution is 2.30. The smallest absolute Gasteiger partial charge is 0.411 e. The van der Waals surface area contributed by atoms with Crippen molar-refractivity contribution in [3.05, 3.63) is 53.6 Å². The van der Waals surface area contributed by atoms with E-state index in [0.29, 0.717) is 6.61 Å². The van der Waals surface area contributed by atoms with Crippen LogP contribution in [0.1, 0.15) is 11.1 Å². The van der Waals surface area contributed by atoms with Crippen molar-refractivity contribution in [2.24, 2.45) is 0 Å². The zero-order valence-electron chi connectivity index (χ0n) is 13.9. The standard InChI is InChI=1S/C19H18F3NO3/c20-19(21,22)12-25-11-18(24)23-10-13-1-3-14(4-2-13)15-5-6-17-16(9-15)7-8-26-17/h1-6,9H,7-8,10-12H2,(H,23,24). The summed E-state index contributed by atoms with van der Waals surface area (Å²) in [6, 6.07) is 13.7. The summed E-state index contributed by atoms with van der Waals surface area (Å²) in [5.74, 6) is 0.345. The Kier molecular flexibility index (Phi) is 5.46. The van der Waals surface area contributed by atoms with E-state index < -0.39 is 25.3 Å². The summed E-state index contributed by atoms with van der Waals surface area (Å²) in [5.41, 5.74) is 4.17. The van der Waals surface area contributed by atoms with Gasteiger partial charge in [0.2, 0.25) is 5.91 Å². The molecule has 0 fully saturated rings. The summed E-state index contributed by atoms with van der Waals surface area (Å²) in [7, 11) is 0. The maximum Gasteiger partial charge on any atom is 0.411 e. The molecule has 2 aromatic carbocycles. The maximum atomic E-state index is 11.9. The molecule has 0 atom stereocenters. The molecular weight excluding hydrogens is 347 g/mol. The van der Waals surface area contributed by atoms with Gasteiger partial charge < -0.3 is 14.8 Å². The first kappa shape index (κ1) is 18.3. The van der Waals surface area contributed by atoms with Crippen molar-refractivity contribution in [2.45, 2.75) is 19.1 Å². The Morgan fingerprint density at radius 3 is 2.58 bits per heavy atom. The third kappa shape index (κ3) is 4.98. The van der Waals surface area contributed by atoms with Gasteiger partial charge in [-0.1, -0.05) is 30.3 Å². The van der Waals surface area contributed by atoms with Gasteiger partial charge in [0.25, 0.3) is 0 Å². The van der Waals surface area contributed by atoms with Gasteiger partial charge >= 0.3 is 6.18 Å². The van der Waals surface area contributed by atoms with E-state index in [1.165, 1.54) is 5.56 Å². The van der Waals surface area contributed by atoms with E-state index in [4.69, 9.17) is 4.74 Å². The van der Waals surface area contributed by atoms with Crippen molar-refractivity contribution >= 4 is 5.91 Å². The van der Waals surface area contributed by atoms with Crippen molar-refractivity contribution in [1.82, 2.24) is 5.32 Å². The molecule has 0 saturated carbocycles. The highest BCUT2D eigenvalue weighted by Gasteiger charge is 2.27. The van der Waals surface area contributed by atoms with Crippen LogP contribution in [-0.4, -0.2) is 31.9 Å². The van der Waals surface area contributed by atoms with Crippen LogP contribution >= 0.6 is 0 Å². The van der Waals surface area contributed by atoms with Gasteiger partial charge in [-0.2, -0.15) is 13.2 Å². The van der Waals surface area contributed by atoms with Crippen LogP contribution in [0.15, 0.2) is 42.5 Å². The lowest BCUT2D eigenvalue weighted by Crippen LogP contribution is -2.29. The minimum Gasteiger partial charge on any atom is -0.493 e. The van der Waals surface area contributed by atoms with E-state index in [0.717, 1.165) is 28.9 Å². The summed E-state index contributed by atoms with van der Waals surface area (Å²) >= 11 is 0. The summed E-state index contributed by atoms with van der Waals surface area (Å²) in [6.45, 7) is -1.10. The van der Waals surface area contributed by atoms with E-state index >= 15 is 0 Å². The van der Waals surface area contributed by atoms with Gasteiger partial charge in [-0.3, -0.25) is 4.79 Å². The SMILES string of the molecule is O=C(COCC(F)(F)F)NCc1ccc(-c2ccc3c(c2)CCO3)cc1. The molecule has 0 unspecified atom stereocenters. The minimum atomic E-state index is -4.43. The molecule has 26 heavy (non-hydrogen) atoms. The summed E-state index contributed by atoms with van der Waals surface area (Å²) < 4.78 is 45.6. The van der Waals surface area contributed by atoms with Crippen LogP contribution < -0.4 is 10.1 Å². The number of fused-ring (bicyclic) bond motifs is 1. The van der Waals surface area contributed by atoms with Crippen molar-refractivity contribution < 1.29 is 27.4 Å². The minimum absolute atomic E-state index is 0.229. The quantitative estimate of drug-likeness (QED) is 0.853. The van der Waals surface area contributed by atoms with Gasteiger partial charge in [-0.15, -0.1) is 0 Å². The largest absolute Gasteiger partial charge is 0.493 e. The first-order valence-corrected chi connectivity index (χ1v) is 8.17. The Bertz CT molecular complexity index is 773. The normalized spacial score (nSPS) is 13.2. The number of carbonyl (C=O) groups excluding carboxylic acids is 1. The fourth-order valence-corrected chi connectivity index (χ4v) is 2.69. The summed E-state index contributed by atoms with van der Waals surface area (Å²) in [5, 5.41) is 2.53. The third-order valence-corrected chi connectivity index (χ3v) is 3.97. The molecule has 1 aliphatic heterocycles. The summed E-state index contributed by atoms with van der Waals surface area (Å²) in [4.78, 5) is 11.5. The number of rotatable bonds is 6. The first-order valence-electron chi connectivity index (χ1n) is 8.17. The highest BCUT2D eigenvalue weighted by molar-refractivity contribution is 5.77. The van der Waals surface area contributed by atoms with Crippen LogP contribution in [0.4, 0.5) is 13.2 Å². The topological polar surface area (TPSA) is 47.6 Å². The molecule has 1 amide bonds. The van der Waals surface area contributed by atoms with Crippen LogP contribution in [0, 0.1) is 0 Å². The van der Waals surface area contributed by atoms with E-state index in [-0.39, 0.29) is 6.54 Å². The highest BCUT2D eigenvalue weighted by atomic mass is 19.4. The van der Waals surface area contributed by atoms with Crippen LogP contribution in [0.2, 0.25) is 0 Å². The van der Waals surface area contributed by atoms with Crippen molar-refractivity contribution in [1.29, 1.82) is 0 Å². The zero-order chi connectivity index (χ0) is 18.6. The number of nitrogens with one attached hydrogen (secondary N) is 1. The number of amides is 1. The van der Waals surface area contributed by atoms with Gasteiger partial charge in [0.15, 0.2) is 0 Å². The average Bonchev–Trinajstić information content (AvgIpc) is 3.07. The molecule has 3 rings (SSSR count). The van der Waals surface area contributed by atoms with Gasteiger partial charge in [0.05, 0.1) is 6.61 Å². The zero-order valence-corrected chi connectivity index (χ0v) is 13.9. The molecule has 0 spiro atoms. The molecule has 2 aromatic rings. The fourth-order valence-electron chi connectivity index (χ4n) is 2.69. The monoisotopic (exact) mass is 365 g/mol. The predicted octanol–water partition coefficient (Wildman–Crippen LogP) is 3.48. The molecule has 1 aliphatic rings. The lowest BCUT2D eigenvalue weighted by Gasteiger charge is -2.09. The van der Waals surface area contributed by atoms with Crippen molar-refractivity contribution in [3.63, 3.8) is 0 Å². The molecule has 1 heterocycles. The van der Waals surface area contributed by atoms with E-state index in [1.54, 1.807) is 0 Å². The molecule has 0 aliphatic carbocycles. The van der Waals surface area contributed by atoms with Gasteiger partial charge in [-0.05, 0) is 34.4 Å². The number of carbonyl (C=O) groups is 1. The van der Waals surface area contributed by atoms with Gasteiger partial charge in [-0.25, -0.2) is 0 Å².